The molecule has 3 N–H and O–H groups in total. The van der Waals surface area contributed by atoms with E-state index in [2.05, 4.69) is 4.84 Å². The first-order valence-electron chi connectivity index (χ1n) is 3.16. The summed E-state index contributed by atoms with van der Waals surface area (Å²) in [6.07, 6.45) is -0.828. The lowest BCUT2D eigenvalue weighted by atomic mass is 10.1. The molecule has 0 aromatic heterocycles. The SMILES string of the molecule is NC(C(=O)O)C1CC(Cl)=[N+]([O-])O1. The van der Waals surface area contributed by atoms with Crippen molar-refractivity contribution in [3.8, 4) is 0 Å². The summed E-state index contributed by atoms with van der Waals surface area (Å²) in [4.78, 5) is 14.9. The van der Waals surface area contributed by atoms with Crippen LogP contribution in [0.15, 0.2) is 0 Å². The van der Waals surface area contributed by atoms with Crippen LogP contribution in [0.25, 0.3) is 0 Å². The van der Waals surface area contributed by atoms with Crippen LogP contribution in [-0.2, 0) is 9.63 Å². The Morgan fingerprint density at radius 2 is 2.58 bits per heavy atom. The van der Waals surface area contributed by atoms with Crippen molar-refractivity contribution in [2.45, 2.75) is 18.6 Å². The number of aliphatic carboxylic acids is 1. The summed E-state index contributed by atoms with van der Waals surface area (Å²) >= 11 is 5.36. The van der Waals surface area contributed by atoms with Gasteiger partial charge in [-0.1, -0.05) is 0 Å². The molecule has 0 saturated heterocycles. The molecule has 1 aliphatic heterocycles. The van der Waals surface area contributed by atoms with Crippen LogP contribution >= 0.6 is 11.6 Å². The van der Waals surface area contributed by atoms with Crippen LogP contribution in [0.1, 0.15) is 6.42 Å². The molecule has 1 rings (SSSR count). The highest BCUT2D eigenvalue weighted by Crippen LogP contribution is 2.14. The van der Waals surface area contributed by atoms with Crippen LogP contribution in [0.3, 0.4) is 0 Å². The van der Waals surface area contributed by atoms with Crippen LogP contribution in [-0.4, -0.2) is 33.3 Å². The number of carboxylic acid groups (broad SMARTS) is 1. The molecule has 0 aromatic carbocycles. The molecule has 1 heterocycles. The molecule has 0 saturated carbocycles. The smallest absolute Gasteiger partial charge is 0.321 e. The molecule has 6 nitrogen and oxygen atoms in total. The monoisotopic (exact) mass is 194 g/mol. The minimum absolute atomic E-state index is 0.0402. The molecule has 0 aliphatic carbocycles. The van der Waals surface area contributed by atoms with E-state index in [0.717, 1.165) is 0 Å². The average Bonchev–Trinajstić information content (AvgIpc) is 2.30. The van der Waals surface area contributed by atoms with Gasteiger partial charge in [0.2, 0.25) is 0 Å². The van der Waals surface area contributed by atoms with Gasteiger partial charge in [0.15, 0.2) is 0 Å². The van der Waals surface area contributed by atoms with Gasteiger partial charge in [-0.25, -0.2) is 0 Å². The maximum atomic E-state index is 10.6. The van der Waals surface area contributed by atoms with Gasteiger partial charge < -0.3 is 15.7 Å². The summed E-state index contributed by atoms with van der Waals surface area (Å²) in [5.74, 6) is -1.22. The number of halogens is 1. The fourth-order valence-corrected chi connectivity index (χ4v) is 1.00. The summed E-state index contributed by atoms with van der Waals surface area (Å²) in [7, 11) is 0. The highest BCUT2D eigenvalue weighted by Gasteiger charge is 2.34. The molecule has 0 spiro atoms. The number of carbonyl (C=O) groups is 1. The van der Waals surface area contributed by atoms with E-state index >= 15 is 0 Å². The quantitative estimate of drug-likeness (QED) is 0.564. The molecule has 0 radical (unpaired) electrons. The molecule has 2 unspecified atom stereocenters. The summed E-state index contributed by atoms with van der Waals surface area (Å²) in [5.41, 5.74) is 5.18. The Morgan fingerprint density at radius 3 is 2.92 bits per heavy atom. The van der Waals surface area contributed by atoms with Crippen molar-refractivity contribution >= 4 is 22.7 Å². The van der Waals surface area contributed by atoms with Crippen molar-refractivity contribution in [1.82, 2.24) is 0 Å². The third-order valence-corrected chi connectivity index (χ3v) is 1.78. The highest BCUT2D eigenvalue weighted by molar-refractivity contribution is 6.64. The topological polar surface area (TPSA) is 98.6 Å². The molecule has 68 valence electrons. The van der Waals surface area contributed by atoms with Gasteiger partial charge in [0.25, 0.3) is 0 Å². The first-order chi connectivity index (χ1) is 5.52. The van der Waals surface area contributed by atoms with E-state index in [1.807, 2.05) is 0 Å². The molecule has 0 aromatic rings. The van der Waals surface area contributed by atoms with Crippen LogP contribution < -0.4 is 5.73 Å². The van der Waals surface area contributed by atoms with E-state index < -0.39 is 18.1 Å². The van der Waals surface area contributed by atoms with E-state index in [9.17, 15) is 10.0 Å². The standard InChI is InChI=1S/C5H7ClN2O4/c6-3-1-2(12-8(3)11)4(7)5(9)10/h2,4H,1,7H2,(H,9,10). The third-order valence-electron chi connectivity index (χ3n) is 1.48. The molecule has 0 bridgehead atoms. The van der Waals surface area contributed by atoms with Crippen molar-refractivity contribution in [2.24, 2.45) is 5.73 Å². The number of nitrogens with zero attached hydrogens (tertiary/aromatic N) is 1. The average molecular weight is 195 g/mol. The first-order valence-corrected chi connectivity index (χ1v) is 3.54. The number of hydrogen-bond donors (Lipinski definition) is 2. The van der Waals surface area contributed by atoms with Crippen LogP contribution in [0, 0.1) is 5.21 Å². The molecular formula is C5H7ClN2O4. The Balaban J connectivity index is 2.57. The largest absolute Gasteiger partial charge is 0.480 e. The predicted octanol–water partition coefficient (Wildman–Crippen LogP) is -0.750. The summed E-state index contributed by atoms with van der Waals surface area (Å²) in [6, 6.07) is -1.22. The Kier molecular flexibility index (Phi) is 2.39. The lowest BCUT2D eigenvalue weighted by Crippen LogP contribution is -2.42. The Hall–Kier alpha value is -1.01. The van der Waals surface area contributed by atoms with E-state index in [-0.39, 0.29) is 16.5 Å². The van der Waals surface area contributed by atoms with Gasteiger partial charge in [-0.2, -0.15) is 0 Å². The predicted molar refractivity (Wildman–Crippen MR) is 39.6 cm³/mol. The van der Waals surface area contributed by atoms with Gasteiger partial charge >= 0.3 is 11.1 Å². The Bertz CT molecular complexity index is 228. The van der Waals surface area contributed by atoms with Gasteiger partial charge in [-0.05, 0) is 11.6 Å². The maximum absolute atomic E-state index is 10.6. The lowest BCUT2D eigenvalue weighted by molar-refractivity contribution is -0.739. The second-order valence-corrected chi connectivity index (χ2v) is 2.78. The fraction of sp³-hybridized carbons (Fsp3) is 0.600. The summed E-state index contributed by atoms with van der Waals surface area (Å²) in [6.45, 7) is 0. The van der Waals surface area contributed by atoms with E-state index in [1.54, 1.807) is 0 Å². The van der Waals surface area contributed by atoms with Crippen molar-refractivity contribution in [3.05, 3.63) is 5.21 Å². The van der Waals surface area contributed by atoms with E-state index in [4.69, 9.17) is 22.4 Å². The molecular weight excluding hydrogens is 188 g/mol. The zero-order valence-corrected chi connectivity index (χ0v) is 6.69. The van der Waals surface area contributed by atoms with Gasteiger partial charge in [-0.15, -0.1) is 0 Å². The molecule has 0 fully saturated rings. The minimum atomic E-state index is -1.22. The molecule has 0 amide bonds. The maximum Gasteiger partial charge on any atom is 0.321 e. The normalized spacial score (nSPS) is 25.3. The van der Waals surface area contributed by atoms with Crippen LogP contribution in [0.5, 0.6) is 0 Å². The Labute approximate surface area is 72.7 Å². The molecule has 7 heteroatoms. The number of nitrogens with two attached hydrogens (primary N) is 1. The lowest BCUT2D eigenvalue weighted by Gasteiger charge is -2.14. The second-order valence-electron chi connectivity index (χ2n) is 2.35. The minimum Gasteiger partial charge on any atom is -0.480 e. The number of rotatable bonds is 2. The number of carboxylic acids is 1. The second kappa shape index (κ2) is 3.16. The first kappa shape index (κ1) is 9.08. The van der Waals surface area contributed by atoms with Gasteiger partial charge in [0.05, 0.1) is 11.3 Å². The van der Waals surface area contributed by atoms with Crippen molar-refractivity contribution in [2.75, 3.05) is 0 Å². The summed E-state index contributed by atoms with van der Waals surface area (Å²) < 4.78 is 0. The van der Waals surface area contributed by atoms with Crippen LogP contribution in [0.2, 0.25) is 0 Å². The van der Waals surface area contributed by atoms with Crippen molar-refractivity contribution < 1.29 is 19.6 Å². The summed E-state index contributed by atoms with van der Waals surface area (Å²) in [5, 5.41) is 18.9. The fourth-order valence-electron chi connectivity index (χ4n) is 0.810. The molecule has 12 heavy (non-hydrogen) atoms. The number of hydrogen-bond acceptors (Lipinski definition) is 4. The van der Waals surface area contributed by atoms with Gasteiger partial charge in [0.1, 0.15) is 12.1 Å². The van der Waals surface area contributed by atoms with E-state index in [1.165, 1.54) is 0 Å². The zero-order chi connectivity index (χ0) is 9.30. The van der Waals surface area contributed by atoms with Crippen molar-refractivity contribution in [3.63, 3.8) is 0 Å². The highest BCUT2D eigenvalue weighted by atomic mass is 35.5. The van der Waals surface area contributed by atoms with Gasteiger partial charge in [-0.3, -0.25) is 10.0 Å². The molecule has 2 atom stereocenters. The third kappa shape index (κ3) is 1.59. The van der Waals surface area contributed by atoms with E-state index in [0.29, 0.717) is 0 Å². The van der Waals surface area contributed by atoms with Crippen molar-refractivity contribution in [1.29, 1.82) is 0 Å². The van der Waals surface area contributed by atoms with Gasteiger partial charge in [0, 0.05) is 0 Å². The Morgan fingerprint density at radius 1 is 2.00 bits per heavy atom. The molecule has 1 aliphatic rings. The van der Waals surface area contributed by atoms with Crippen LogP contribution in [0.4, 0.5) is 0 Å². The zero-order valence-electron chi connectivity index (χ0n) is 5.94.